The SMILES string of the molecule is CN(Cc1cc[nH]c1)c1[nH]c2ccccc2c1C=O. The second-order valence-corrected chi connectivity index (χ2v) is 4.63. The number of aromatic amines is 2. The summed E-state index contributed by atoms with van der Waals surface area (Å²) in [6.45, 7) is 0.747. The van der Waals surface area contributed by atoms with Gasteiger partial charge in [-0.15, -0.1) is 0 Å². The van der Waals surface area contributed by atoms with Crippen LogP contribution in [0.25, 0.3) is 10.9 Å². The van der Waals surface area contributed by atoms with Gasteiger partial charge in [-0.1, -0.05) is 18.2 Å². The highest BCUT2D eigenvalue weighted by Gasteiger charge is 2.14. The molecule has 1 aromatic carbocycles. The molecular weight excluding hydrogens is 238 g/mol. The third-order valence-corrected chi connectivity index (χ3v) is 3.31. The molecule has 2 aromatic heterocycles. The molecule has 0 bridgehead atoms. The average molecular weight is 253 g/mol. The van der Waals surface area contributed by atoms with E-state index in [2.05, 4.69) is 9.97 Å². The fourth-order valence-corrected chi connectivity index (χ4v) is 2.38. The minimum Gasteiger partial charge on any atom is -0.367 e. The van der Waals surface area contributed by atoms with Crippen molar-refractivity contribution in [2.24, 2.45) is 0 Å². The summed E-state index contributed by atoms with van der Waals surface area (Å²) >= 11 is 0. The Morgan fingerprint density at radius 3 is 2.84 bits per heavy atom. The van der Waals surface area contributed by atoms with Crippen molar-refractivity contribution in [3.63, 3.8) is 0 Å². The van der Waals surface area contributed by atoms with Crippen molar-refractivity contribution in [2.75, 3.05) is 11.9 Å². The molecule has 0 atom stereocenters. The molecule has 2 heterocycles. The molecule has 0 spiro atoms. The zero-order valence-corrected chi connectivity index (χ0v) is 10.7. The summed E-state index contributed by atoms with van der Waals surface area (Å²) < 4.78 is 0. The van der Waals surface area contributed by atoms with Crippen molar-refractivity contribution >= 4 is 23.0 Å². The summed E-state index contributed by atoms with van der Waals surface area (Å²) in [5.74, 6) is 0.859. The van der Waals surface area contributed by atoms with Crippen molar-refractivity contribution < 1.29 is 4.79 Å². The molecular formula is C15H15N3O. The third kappa shape index (κ3) is 2.01. The fourth-order valence-electron chi connectivity index (χ4n) is 2.38. The third-order valence-electron chi connectivity index (χ3n) is 3.31. The molecule has 2 N–H and O–H groups in total. The standard InChI is InChI=1S/C15H15N3O/c1-18(9-11-6-7-16-8-11)15-13(10-19)12-4-2-3-5-14(12)17-15/h2-8,10,16-17H,9H2,1H3. The van der Waals surface area contributed by atoms with Gasteiger partial charge in [0.2, 0.25) is 0 Å². The fraction of sp³-hybridized carbons (Fsp3) is 0.133. The number of nitrogens with one attached hydrogen (secondary N) is 2. The van der Waals surface area contributed by atoms with Crippen LogP contribution in [0.2, 0.25) is 0 Å². The normalized spacial score (nSPS) is 10.8. The van der Waals surface area contributed by atoms with Gasteiger partial charge < -0.3 is 14.9 Å². The summed E-state index contributed by atoms with van der Waals surface area (Å²) in [6, 6.07) is 9.88. The number of benzene rings is 1. The first kappa shape index (κ1) is 11.6. The van der Waals surface area contributed by atoms with Crippen LogP contribution in [0.5, 0.6) is 0 Å². The number of aromatic nitrogens is 2. The lowest BCUT2D eigenvalue weighted by Crippen LogP contribution is -2.17. The van der Waals surface area contributed by atoms with Crippen LogP contribution in [-0.2, 0) is 6.54 Å². The van der Waals surface area contributed by atoms with E-state index in [1.165, 1.54) is 5.56 Å². The minimum absolute atomic E-state index is 0.716. The first-order valence-electron chi connectivity index (χ1n) is 6.18. The van der Waals surface area contributed by atoms with Gasteiger partial charge in [0, 0.05) is 36.9 Å². The van der Waals surface area contributed by atoms with Crippen molar-refractivity contribution in [1.29, 1.82) is 0 Å². The Morgan fingerprint density at radius 1 is 1.26 bits per heavy atom. The van der Waals surface area contributed by atoms with Gasteiger partial charge in [0.1, 0.15) is 5.82 Å². The zero-order valence-electron chi connectivity index (χ0n) is 10.7. The van der Waals surface area contributed by atoms with Gasteiger partial charge in [-0.05, 0) is 17.7 Å². The summed E-state index contributed by atoms with van der Waals surface area (Å²) in [5, 5.41) is 0.966. The number of carbonyl (C=O) groups is 1. The summed E-state index contributed by atoms with van der Waals surface area (Å²) in [7, 11) is 1.98. The van der Waals surface area contributed by atoms with Gasteiger partial charge in [-0.25, -0.2) is 0 Å². The van der Waals surface area contributed by atoms with E-state index in [0.29, 0.717) is 5.56 Å². The average Bonchev–Trinajstić information content (AvgIpc) is 3.04. The molecule has 0 aliphatic carbocycles. The Labute approximate surface area is 111 Å². The number of anilines is 1. The maximum Gasteiger partial charge on any atom is 0.154 e. The Bertz CT molecular complexity index is 697. The van der Waals surface area contributed by atoms with Crippen LogP contribution >= 0.6 is 0 Å². The highest BCUT2D eigenvalue weighted by molar-refractivity contribution is 6.03. The highest BCUT2D eigenvalue weighted by atomic mass is 16.1. The van der Waals surface area contributed by atoms with Crippen molar-refractivity contribution in [3.05, 3.63) is 53.9 Å². The second-order valence-electron chi connectivity index (χ2n) is 4.63. The van der Waals surface area contributed by atoms with Crippen LogP contribution in [0, 0.1) is 0 Å². The molecule has 0 aliphatic rings. The quantitative estimate of drug-likeness (QED) is 0.702. The van der Waals surface area contributed by atoms with Crippen LogP contribution in [0.3, 0.4) is 0 Å². The van der Waals surface area contributed by atoms with Crippen LogP contribution in [-0.4, -0.2) is 23.3 Å². The van der Waals surface area contributed by atoms with Gasteiger partial charge in [0.15, 0.2) is 6.29 Å². The first-order chi connectivity index (χ1) is 9.29. The molecule has 3 rings (SSSR count). The number of para-hydroxylation sites is 1. The lowest BCUT2D eigenvalue weighted by Gasteiger charge is -2.17. The predicted molar refractivity (Wildman–Crippen MR) is 76.6 cm³/mol. The van der Waals surface area contributed by atoms with Gasteiger partial charge in [0.05, 0.1) is 5.56 Å². The first-order valence-corrected chi connectivity index (χ1v) is 6.18. The molecule has 3 aromatic rings. The molecule has 0 radical (unpaired) electrons. The molecule has 19 heavy (non-hydrogen) atoms. The Kier molecular flexibility index (Phi) is 2.83. The number of aldehydes is 1. The molecule has 0 amide bonds. The molecule has 4 nitrogen and oxygen atoms in total. The number of carbonyl (C=O) groups excluding carboxylic acids is 1. The molecule has 96 valence electrons. The molecule has 0 saturated carbocycles. The summed E-state index contributed by atoms with van der Waals surface area (Å²) in [4.78, 5) is 19.8. The van der Waals surface area contributed by atoms with Gasteiger partial charge in [0.25, 0.3) is 0 Å². The van der Waals surface area contributed by atoms with E-state index in [-0.39, 0.29) is 0 Å². The maximum atomic E-state index is 11.4. The molecule has 0 saturated heterocycles. The van der Waals surface area contributed by atoms with Gasteiger partial charge in [-0.3, -0.25) is 4.79 Å². The van der Waals surface area contributed by atoms with Gasteiger partial charge in [-0.2, -0.15) is 0 Å². The highest BCUT2D eigenvalue weighted by Crippen LogP contribution is 2.27. The van der Waals surface area contributed by atoms with E-state index in [1.807, 2.05) is 54.7 Å². The zero-order chi connectivity index (χ0) is 13.2. The van der Waals surface area contributed by atoms with Gasteiger partial charge >= 0.3 is 0 Å². The number of nitrogens with zero attached hydrogens (tertiary/aromatic N) is 1. The number of hydrogen-bond donors (Lipinski definition) is 2. The second kappa shape index (κ2) is 4.65. The van der Waals surface area contributed by atoms with E-state index >= 15 is 0 Å². The smallest absolute Gasteiger partial charge is 0.154 e. The Hall–Kier alpha value is -2.49. The van der Waals surface area contributed by atoms with Crippen LogP contribution in [0.15, 0.2) is 42.7 Å². The molecule has 0 unspecified atom stereocenters. The van der Waals surface area contributed by atoms with E-state index in [9.17, 15) is 4.79 Å². The minimum atomic E-state index is 0.716. The number of hydrogen-bond acceptors (Lipinski definition) is 2. The molecule has 0 aliphatic heterocycles. The van der Waals surface area contributed by atoms with Crippen molar-refractivity contribution in [2.45, 2.75) is 6.54 Å². The van der Waals surface area contributed by atoms with E-state index in [1.54, 1.807) is 0 Å². The summed E-state index contributed by atoms with van der Waals surface area (Å²) in [5.41, 5.74) is 2.88. The Morgan fingerprint density at radius 2 is 2.11 bits per heavy atom. The Balaban J connectivity index is 2.01. The number of fused-ring (bicyclic) bond motifs is 1. The van der Waals surface area contributed by atoms with Crippen LogP contribution in [0.1, 0.15) is 15.9 Å². The molecule has 4 heteroatoms. The number of H-pyrrole nitrogens is 2. The predicted octanol–water partition coefficient (Wildman–Crippen LogP) is 2.94. The summed E-state index contributed by atoms with van der Waals surface area (Å²) in [6.07, 6.45) is 4.77. The van der Waals surface area contributed by atoms with E-state index in [4.69, 9.17) is 0 Å². The van der Waals surface area contributed by atoms with Crippen LogP contribution in [0.4, 0.5) is 5.82 Å². The van der Waals surface area contributed by atoms with E-state index < -0.39 is 0 Å². The maximum absolute atomic E-state index is 11.4. The van der Waals surface area contributed by atoms with E-state index in [0.717, 1.165) is 29.6 Å². The van der Waals surface area contributed by atoms with Crippen molar-refractivity contribution in [1.82, 2.24) is 9.97 Å². The number of rotatable bonds is 4. The largest absolute Gasteiger partial charge is 0.367 e. The lowest BCUT2D eigenvalue weighted by atomic mass is 10.2. The molecule has 0 fully saturated rings. The topological polar surface area (TPSA) is 51.9 Å². The van der Waals surface area contributed by atoms with Crippen molar-refractivity contribution in [3.8, 4) is 0 Å². The van der Waals surface area contributed by atoms with Crippen LogP contribution < -0.4 is 4.90 Å². The lowest BCUT2D eigenvalue weighted by molar-refractivity contribution is 0.112. The monoisotopic (exact) mass is 253 g/mol.